The van der Waals surface area contributed by atoms with Gasteiger partial charge in [0.25, 0.3) is 0 Å². The van der Waals surface area contributed by atoms with Gasteiger partial charge in [-0.25, -0.2) is 0 Å². The molecule has 0 saturated carbocycles. The van der Waals surface area contributed by atoms with Crippen molar-refractivity contribution in [2.24, 2.45) is 10.9 Å². The lowest BCUT2D eigenvalue weighted by atomic mass is 9.99. The predicted octanol–water partition coefficient (Wildman–Crippen LogP) is 1.50. The number of rotatable bonds is 0. The lowest BCUT2D eigenvalue weighted by Gasteiger charge is -2.20. The normalized spacial score (nSPS) is 28.8. The average molecular weight is 135 g/mol. The first-order valence-electron chi connectivity index (χ1n) is 3.46. The second kappa shape index (κ2) is 2.29. The first-order valence-corrected chi connectivity index (χ1v) is 3.46. The fourth-order valence-electron chi connectivity index (χ4n) is 1.20. The second-order valence-corrected chi connectivity index (χ2v) is 2.44. The molecule has 0 spiro atoms. The number of hydrogen-bond acceptors (Lipinski definition) is 2. The molecule has 0 bridgehead atoms. The van der Waals surface area contributed by atoms with Gasteiger partial charge in [0.15, 0.2) is 6.73 Å². The van der Waals surface area contributed by atoms with Crippen molar-refractivity contribution in [1.29, 1.82) is 0 Å². The Morgan fingerprint density at radius 3 is 3.50 bits per heavy atom. The molecule has 0 amide bonds. The van der Waals surface area contributed by atoms with E-state index in [-0.39, 0.29) is 0 Å². The van der Waals surface area contributed by atoms with Crippen LogP contribution in [0, 0.1) is 5.92 Å². The minimum atomic E-state index is 0.416. The molecule has 1 unspecified atom stereocenters. The van der Waals surface area contributed by atoms with Crippen LogP contribution in [0.15, 0.2) is 29.0 Å². The molecule has 0 N–H and O–H groups in total. The van der Waals surface area contributed by atoms with Crippen LogP contribution in [0.5, 0.6) is 0 Å². The summed E-state index contributed by atoms with van der Waals surface area (Å²) in [6.45, 7) is 0.496. The molecule has 1 aliphatic heterocycles. The zero-order valence-electron chi connectivity index (χ0n) is 5.66. The molecule has 1 aliphatic carbocycles. The number of fused-ring (bicyclic) bond motifs is 1. The summed E-state index contributed by atoms with van der Waals surface area (Å²) >= 11 is 0. The van der Waals surface area contributed by atoms with Gasteiger partial charge in [0, 0.05) is 6.21 Å². The van der Waals surface area contributed by atoms with Gasteiger partial charge in [-0.2, -0.15) is 0 Å². The topological polar surface area (TPSA) is 21.6 Å². The van der Waals surface area contributed by atoms with Gasteiger partial charge < -0.3 is 4.74 Å². The monoisotopic (exact) mass is 135 g/mol. The molecule has 1 heterocycles. The van der Waals surface area contributed by atoms with Gasteiger partial charge in [0.2, 0.25) is 0 Å². The molecule has 0 aromatic heterocycles. The van der Waals surface area contributed by atoms with Crippen LogP contribution < -0.4 is 0 Å². The van der Waals surface area contributed by atoms with Crippen molar-refractivity contribution in [1.82, 2.24) is 0 Å². The smallest absolute Gasteiger partial charge is 0.178 e. The first-order chi connectivity index (χ1) is 4.97. The maximum atomic E-state index is 5.29. The van der Waals surface area contributed by atoms with E-state index in [2.05, 4.69) is 11.1 Å². The van der Waals surface area contributed by atoms with E-state index in [1.54, 1.807) is 0 Å². The van der Waals surface area contributed by atoms with Gasteiger partial charge in [-0.3, -0.25) is 4.99 Å². The van der Waals surface area contributed by atoms with Crippen LogP contribution in [0.25, 0.3) is 0 Å². The van der Waals surface area contributed by atoms with Crippen molar-refractivity contribution in [3.63, 3.8) is 0 Å². The third kappa shape index (κ3) is 0.856. The molecule has 0 aromatic rings. The standard InChI is InChI=1S/C8H9NO/c1-2-4-8-7(3-1)5-9-6-10-8/h1-2,4-5,7H,3,6H2. The Kier molecular flexibility index (Phi) is 1.31. The molecule has 10 heavy (non-hydrogen) atoms. The van der Waals surface area contributed by atoms with Crippen molar-refractivity contribution in [2.75, 3.05) is 6.73 Å². The Bertz CT molecular complexity index is 215. The Morgan fingerprint density at radius 2 is 2.60 bits per heavy atom. The molecular formula is C8H9NO. The lowest BCUT2D eigenvalue weighted by Crippen LogP contribution is -2.15. The summed E-state index contributed by atoms with van der Waals surface area (Å²) in [7, 11) is 0. The van der Waals surface area contributed by atoms with Gasteiger partial charge in [0.05, 0.1) is 5.92 Å². The van der Waals surface area contributed by atoms with Gasteiger partial charge in [-0.1, -0.05) is 12.2 Å². The molecule has 2 aliphatic rings. The second-order valence-electron chi connectivity index (χ2n) is 2.44. The maximum Gasteiger partial charge on any atom is 0.178 e. The minimum absolute atomic E-state index is 0.416. The van der Waals surface area contributed by atoms with Gasteiger partial charge >= 0.3 is 0 Å². The van der Waals surface area contributed by atoms with Crippen LogP contribution in [0.1, 0.15) is 6.42 Å². The predicted molar refractivity (Wildman–Crippen MR) is 39.8 cm³/mol. The summed E-state index contributed by atoms with van der Waals surface area (Å²) in [5.41, 5.74) is 0. The largest absolute Gasteiger partial charge is 0.475 e. The summed E-state index contributed by atoms with van der Waals surface area (Å²) in [4.78, 5) is 4.04. The molecule has 0 fully saturated rings. The molecule has 0 radical (unpaired) electrons. The van der Waals surface area contributed by atoms with Crippen LogP contribution in [-0.2, 0) is 4.74 Å². The average Bonchev–Trinajstić information content (AvgIpc) is 2.05. The Balaban J connectivity index is 2.26. The van der Waals surface area contributed by atoms with E-state index in [0.717, 1.165) is 12.2 Å². The van der Waals surface area contributed by atoms with E-state index in [4.69, 9.17) is 4.74 Å². The zero-order valence-corrected chi connectivity index (χ0v) is 5.66. The fourth-order valence-corrected chi connectivity index (χ4v) is 1.20. The Labute approximate surface area is 59.9 Å². The molecule has 2 nitrogen and oxygen atoms in total. The summed E-state index contributed by atoms with van der Waals surface area (Å²) < 4.78 is 5.29. The van der Waals surface area contributed by atoms with Gasteiger partial charge in [-0.15, -0.1) is 0 Å². The number of allylic oxidation sites excluding steroid dienone is 4. The van der Waals surface area contributed by atoms with E-state index in [0.29, 0.717) is 12.6 Å². The Hall–Kier alpha value is -1.05. The van der Waals surface area contributed by atoms with Crippen molar-refractivity contribution >= 4 is 6.21 Å². The third-order valence-electron chi connectivity index (χ3n) is 1.74. The molecule has 2 rings (SSSR count). The number of ether oxygens (including phenoxy) is 1. The molecule has 1 atom stereocenters. The van der Waals surface area contributed by atoms with Crippen molar-refractivity contribution < 1.29 is 4.74 Å². The van der Waals surface area contributed by atoms with E-state index in [1.165, 1.54) is 0 Å². The molecule has 0 saturated heterocycles. The highest BCUT2D eigenvalue weighted by atomic mass is 16.5. The fraction of sp³-hybridized carbons (Fsp3) is 0.375. The van der Waals surface area contributed by atoms with E-state index in [1.807, 2.05) is 18.4 Å². The summed E-state index contributed by atoms with van der Waals surface area (Å²) in [5.74, 6) is 1.48. The van der Waals surface area contributed by atoms with Crippen LogP contribution in [0.2, 0.25) is 0 Å². The highest BCUT2D eigenvalue weighted by molar-refractivity contribution is 5.66. The summed E-state index contributed by atoms with van der Waals surface area (Å²) in [6, 6.07) is 0. The van der Waals surface area contributed by atoms with Gasteiger partial charge in [0.1, 0.15) is 5.76 Å². The van der Waals surface area contributed by atoms with Crippen LogP contribution in [-0.4, -0.2) is 12.9 Å². The maximum absolute atomic E-state index is 5.29. The van der Waals surface area contributed by atoms with E-state index >= 15 is 0 Å². The Morgan fingerprint density at radius 1 is 1.60 bits per heavy atom. The minimum Gasteiger partial charge on any atom is -0.475 e. The van der Waals surface area contributed by atoms with Crippen molar-refractivity contribution in [3.05, 3.63) is 24.0 Å². The van der Waals surface area contributed by atoms with Gasteiger partial charge in [-0.05, 0) is 12.5 Å². The molecular weight excluding hydrogens is 126 g/mol. The number of nitrogens with zero attached hydrogens (tertiary/aromatic N) is 1. The highest BCUT2D eigenvalue weighted by Crippen LogP contribution is 2.22. The van der Waals surface area contributed by atoms with Crippen molar-refractivity contribution in [3.8, 4) is 0 Å². The van der Waals surface area contributed by atoms with E-state index < -0.39 is 0 Å². The first kappa shape index (κ1) is 5.71. The lowest BCUT2D eigenvalue weighted by molar-refractivity contribution is 0.189. The molecule has 2 heteroatoms. The zero-order chi connectivity index (χ0) is 6.81. The SMILES string of the molecule is C1=CCC2C=NCOC2=C1. The van der Waals surface area contributed by atoms with Crippen LogP contribution in [0.3, 0.4) is 0 Å². The number of aliphatic imine (C=N–C) groups is 1. The summed E-state index contributed by atoms with van der Waals surface area (Å²) in [6.07, 6.45) is 9.19. The number of hydrogen-bond donors (Lipinski definition) is 0. The van der Waals surface area contributed by atoms with Crippen LogP contribution >= 0.6 is 0 Å². The van der Waals surface area contributed by atoms with E-state index in [9.17, 15) is 0 Å². The van der Waals surface area contributed by atoms with Crippen molar-refractivity contribution in [2.45, 2.75) is 6.42 Å². The molecule has 0 aromatic carbocycles. The molecule has 52 valence electrons. The third-order valence-corrected chi connectivity index (χ3v) is 1.74. The quantitative estimate of drug-likeness (QED) is 0.493. The van der Waals surface area contributed by atoms with Crippen LogP contribution in [0.4, 0.5) is 0 Å². The highest BCUT2D eigenvalue weighted by Gasteiger charge is 2.16. The summed E-state index contributed by atoms with van der Waals surface area (Å²) in [5, 5.41) is 0.